The van der Waals surface area contributed by atoms with Gasteiger partial charge in [0.05, 0.1) is 0 Å². The Hall–Kier alpha value is -2.71. The van der Waals surface area contributed by atoms with Gasteiger partial charge in [0.15, 0.2) is 0 Å². The summed E-state index contributed by atoms with van der Waals surface area (Å²) in [5, 5.41) is 2.95. The number of rotatable bonds is 7. The number of carbonyl (C=O) groups excluding carboxylic acids is 2. The van der Waals surface area contributed by atoms with Crippen molar-refractivity contribution in [3.8, 4) is 0 Å². The highest BCUT2D eigenvalue weighted by Gasteiger charge is 2.40. The number of anilines is 1. The van der Waals surface area contributed by atoms with Crippen LogP contribution in [0.15, 0.2) is 36.4 Å². The minimum atomic E-state index is -4.20. The summed E-state index contributed by atoms with van der Waals surface area (Å²) in [7, 11) is -4.20. The van der Waals surface area contributed by atoms with Crippen LogP contribution in [-0.4, -0.2) is 31.1 Å². The first-order valence-corrected chi connectivity index (χ1v) is 12.4. The second-order valence-electron chi connectivity index (χ2n) is 8.36. The van der Waals surface area contributed by atoms with E-state index in [0.29, 0.717) is 24.1 Å². The third-order valence-corrected chi connectivity index (χ3v) is 7.22. The van der Waals surface area contributed by atoms with Crippen molar-refractivity contribution in [1.29, 1.82) is 0 Å². The van der Waals surface area contributed by atoms with E-state index in [-0.39, 0.29) is 13.0 Å². The van der Waals surface area contributed by atoms with Gasteiger partial charge >= 0.3 is 10.2 Å². The molecule has 0 radical (unpaired) electrons. The summed E-state index contributed by atoms with van der Waals surface area (Å²) >= 11 is 0. The van der Waals surface area contributed by atoms with E-state index in [1.165, 1.54) is 0 Å². The van der Waals surface area contributed by atoms with E-state index in [4.69, 9.17) is 0 Å². The Bertz CT molecular complexity index is 1100. The zero-order valence-electron chi connectivity index (χ0n) is 19.1. The summed E-state index contributed by atoms with van der Waals surface area (Å²) < 4.78 is 29.5. The fourth-order valence-electron chi connectivity index (χ4n) is 4.23. The number of amides is 2. The molecular weight excluding hydrogens is 426 g/mol. The second kappa shape index (κ2) is 9.83. The Balaban J connectivity index is 1.96. The smallest absolute Gasteiger partial charge is 0.304 e. The number of unbranched alkanes of at least 4 members (excludes halogenated alkanes) is 1. The van der Waals surface area contributed by atoms with Crippen LogP contribution in [0.1, 0.15) is 60.0 Å². The minimum Gasteiger partial charge on any atom is -0.324 e. The highest BCUT2D eigenvalue weighted by Crippen LogP contribution is 2.33. The van der Waals surface area contributed by atoms with Gasteiger partial charge in [0.2, 0.25) is 11.8 Å². The molecule has 1 heterocycles. The number of hydrogen-bond donors (Lipinski definition) is 2. The molecule has 0 saturated heterocycles. The average Bonchev–Trinajstić information content (AvgIpc) is 2.73. The predicted octanol–water partition coefficient (Wildman–Crippen LogP) is 3.70. The molecule has 2 aromatic rings. The molecule has 0 aromatic heterocycles. The van der Waals surface area contributed by atoms with Crippen molar-refractivity contribution in [1.82, 2.24) is 9.03 Å². The van der Waals surface area contributed by atoms with Crippen molar-refractivity contribution in [3.63, 3.8) is 0 Å². The van der Waals surface area contributed by atoms with Crippen LogP contribution in [0.5, 0.6) is 0 Å². The molecular formula is C24H31N3O4S. The Morgan fingerprint density at radius 2 is 1.75 bits per heavy atom. The summed E-state index contributed by atoms with van der Waals surface area (Å²) in [6, 6.07) is 10.2. The quantitative estimate of drug-likeness (QED) is 0.663. The van der Waals surface area contributed by atoms with Crippen LogP contribution in [0.4, 0.5) is 5.69 Å². The van der Waals surface area contributed by atoms with Crippen LogP contribution in [0.3, 0.4) is 0 Å². The number of benzene rings is 2. The lowest BCUT2D eigenvalue weighted by Gasteiger charge is -2.35. The van der Waals surface area contributed by atoms with E-state index < -0.39 is 28.1 Å². The van der Waals surface area contributed by atoms with Crippen LogP contribution in [0.2, 0.25) is 0 Å². The number of aryl methyl sites for hydroxylation is 3. The van der Waals surface area contributed by atoms with Crippen molar-refractivity contribution in [2.24, 2.45) is 0 Å². The fourth-order valence-corrected chi connectivity index (χ4v) is 5.56. The van der Waals surface area contributed by atoms with Crippen molar-refractivity contribution in [3.05, 3.63) is 64.2 Å². The molecule has 2 N–H and O–H groups in total. The molecule has 7 nitrogen and oxygen atoms in total. The van der Waals surface area contributed by atoms with E-state index in [9.17, 15) is 18.0 Å². The van der Waals surface area contributed by atoms with Crippen molar-refractivity contribution in [2.75, 3.05) is 11.9 Å². The van der Waals surface area contributed by atoms with Crippen molar-refractivity contribution in [2.45, 2.75) is 59.4 Å². The second-order valence-corrected chi connectivity index (χ2v) is 9.98. The molecule has 1 unspecified atom stereocenters. The van der Waals surface area contributed by atoms with Crippen molar-refractivity contribution >= 4 is 27.7 Å². The van der Waals surface area contributed by atoms with Gasteiger partial charge in [-0.15, -0.1) is 0 Å². The average molecular weight is 458 g/mol. The van der Waals surface area contributed by atoms with Crippen LogP contribution in [-0.2, 0) is 26.2 Å². The molecule has 0 saturated carbocycles. The Kier molecular flexibility index (Phi) is 7.36. The first-order chi connectivity index (χ1) is 15.1. The fraction of sp³-hybridized carbons (Fsp3) is 0.417. The lowest BCUT2D eigenvalue weighted by molar-refractivity contribution is -0.121. The summed E-state index contributed by atoms with van der Waals surface area (Å²) in [5.41, 5.74) is 5.12. The largest absolute Gasteiger partial charge is 0.324 e. The summed E-state index contributed by atoms with van der Waals surface area (Å²) in [6.45, 7) is 7.84. The van der Waals surface area contributed by atoms with Gasteiger partial charge in [-0.1, -0.05) is 55.3 Å². The lowest BCUT2D eigenvalue weighted by Crippen LogP contribution is -2.51. The molecule has 1 aliphatic rings. The normalized spacial score (nSPS) is 16.3. The van der Waals surface area contributed by atoms with Gasteiger partial charge in [-0.3, -0.25) is 9.59 Å². The van der Waals surface area contributed by atoms with Crippen LogP contribution in [0, 0.1) is 20.8 Å². The maximum Gasteiger partial charge on any atom is 0.304 e. The monoisotopic (exact) mass is 457 g/mol. The Labute approximate surface area is 190 Å². The molecule has 172 valence electrons. The van der Waals surface area contributed by atoms with Crippen molar-refractivity contribution < 1.29 is 18.0 Å². The zero-order valence-corrected chi connectivity index (χ0v) is 19.9. The van der Waals surface area contributed by atoms with E-state index in [0.717, 1.165) is 33.0 Å². The topological polar surface area (TPSA) is 95.6 Å². The van der Waals surface area contributed by atoms with Gasteiger partial charge in [0, 0.05) is 18.7 Å². The van der Waals surface area contributed by atoms with Crippen LogP contribution >= 0.6 is 0 Å². The summed E-state index contributed by atoms with van der Waals surface area (Å²) in [5.74, 6) is -1.01. The van der Waals surface area contributed by atoms with E-state index in [1.807, 2.05) is 52.0 Å². The van der Waals surface area contributed by atoms with Gasteiger partial charge in [-0.2, -0.15) is 12.7 Å². The SMILES string of the molecule is CCCCC(=O)NS(=O)(=O)N1CCc2ccccc2C1C(=O)Nc1c(C)cc(C)cc1C. The highest BCUT2D eigenvalue weighted by atomic mass is 32.2. The Morgan fingerprint density at radius 3 is 2.41 bits per heavy atom. The molecule has 0 fully saturated rings. The van der Waals surface area contributed by atoms with Crippen LogP contribution < -0.4 is 10.0 Å². The first kappa shape index (κ1) is 23.9. The number of carbonyl (C=O) groups is 2. The maximum atomic E-state index is 13.5. The lowest BCUT2D eigenvalue weighted by atomic mass is 9.93. The molecule has 0 bridgehead atoms. The number of hydrogen-bond acceptors (Lipinski definition) is 4. The van der Waals surface area contributed by atoms with E-state index >= 15 is 0 Å². The molecule has 3 rings (SSSR count). The number of nitrogens with zero attached hydrogens (tertiary/aromatic N) is 1. The summed E-state index contributed by atoms with van der Waals surface area (Å²) in [6.07, 6.45) is 1.97. The molecule has 8 heteroatoms. The van der Waals surface area contributed by atoms with E-state index in [1.54, 1.807) is 12.1 Å². The van der Waals surface area contributed by atoms with Gasteiger partial charge < -0.3 is 5.32 Å². The summed E-state index contributed by atoms with van der Waals surface area (Å²) in [4.78, 5) is 25.7. The molecule has 0 aliphatic carbocycles. The third-order valence-electron chi connectivity index (χ3n) is 5.72. The number of fused-ring (bicyclic) bond motifs is 1. The molecule has 2 amide bonds. The standard InChI is InChI=1S/C24H31N3O4S/c1-5-6-11-21(28)26-32(30,31)27-13-12-19-9-7-8-10-20(19)23(27)24(29)25-22-17(3)14-16(2)15-18(22)4/h7-10,14-15,23H,5-6,11-13H2,1-4H3,(H,25,29)(H,26,28). The molecule has 2 aromatic carbocycles. The minimum absolute atomic E-state index is 0.108. The Morgan fingerprint density at radius 1 is 1.09 bits per heavy atom. The predicted molar refractivity (Wildman–Crippen MR) is 125 cm³/mol. The van der Waals surface area contributed by atoms with Gasteiger partial charge in [0.25, 0.3) is 0 Å². The van der Waals surface area contributed by atoms with E-state index in [2.05, 4.69) is 10.0 Å². The van der Waals surface area contributed by atoms with Gasteiger partial charge in [0.1, 0.15) is 6.04 Å². The maximum absolute atomic E-state index is 13.5. The van der Waals surface area contributed by atoms with Crippen LogP contribution in [0.25, 0.3) is 0 Å². The zero-order chi connectivity index (χ0) is 23.5. The molecule has 1 aliphatic heterocycles. The first-order valence-electron chi connectivity index (χ1n) is 10.9. The molecule has 0 spiro atoms. The third kappa shape index (κ3) is 5.19. The molecule has 1 atom stereocenters. The van der Waals surface area contributed by atoms with Gasteiger partial charge in [-0.25, -0.2) is 4.72 Å². The number of nitrogens with one attached hydrogen (secondary N) is 2. The molecule has 32 heavy (non-hydrogen) atoms. The highest BCUT2D eigenvalue weighted by molar-refractivity contribution is 7.87. The van der Waals surface area contributed by atoms with Gasteiger partial charge in [-0.05, 0) is 55.9 Å².